The monoisotopic (exact) mass is 404 g/mol. The molecule has 146 valence electrons. The molecule has 3 rings (SSSR count). The van der Waals surface area contributed by atoms with Crippen LogP contribution in [0.5, 0.6) is 0 Å². The third kappa shape index (κ3) is 4.24. The number of fused-ring (bicyclic) bond motifs is 1. The van der Waals surface area contributed by atoms with E-state index in [-0.39, 0.29) is 17.6 Å². The molecule has 0 spiro atoms. The Hall–Kier alpha value is -2.70. The van der Waals surface area contributed by atoms with Gasteiger partial charge in [0.1, 0.15) is 11.4 Å². The molecule has 0 bridgehead atoms. The molecule has 2 aromatic carbocycles. The van der Waals surface area contributed by atoms with Crippen LogP contribution in [-0.2, 0) is 20.7 Å². The number of esters is 1. The lowest BCUT2D eigenvalue weighted by molar-refractivity contribution is -0.147. The Morgan fingerprint density at radius 3 is 2.61 bits per heavy atom. The summed E-state index contributed by atoms with van der Waals surface area (Å²) in [6, 6.07) is 10.6. The van der Waals surface area contributed by atoms with Crippen molar-refractivity contribution >= 4 is 28.5 Å². The number of carbonyl (C=O) groups excluding carboxylic acids is 1. The molecule has 0 aliphatic carbocycles. The maximum Gasteiger partial charge on any atom is 0.336 e. The van der Waals surface area contributed by atoms with Crippen molar-refractivity contribution in [1.29, 1.82) is 0 Å². The van der Waals surface area contributed by atoms with E-state index < -0.39 is 17.4 Å². The quantitative estimate of drug-likeness (QED) is 0.454. The second-order valence-electron chi connectivity index (χ2n) is 6.31. The Labute approximate surface area is 165 Å². The highest BCUT2D eigenvalue weighted by Gasteiger charge is 2.20. The SMILES string of the molecule is COCC(Cc1ccc2c(-c3ccc(F)cc3Cl)cc(=O)oc2c1)C(=O)OC. The van der Waals surface area contributed by atoms with Crippen molar-refractivity contribution in [2.45, 2.75) is 6.42 Å². The van der Waals surface area contributed by atoms with Crippen molar-refractivity contribution in [2.24, 2.45) is 5.92 Å². The van der Waals surface area contributed by atoms with E-state index in [2.05, 4.69) is 0 Å². The van der Waals surface area contributed by atoms with E-state index in [9.17, 15) is 14.0 Å². The fourth-order valence-corrected chi connectivity index (χ4v) is 3.40. The van der Waals surface area contributed by atoms with Gasteiger partial charge in [0.05, 0.1) is 24.7 Å². The number of halogens is 2. The summed E-state index contributed by atoms with van der Waals surface area (Å²) in [5, 5.41) is 0.847. The molecule has 5 nitrogen and oxygen atoms in total. The maximum absolute atomic E-state index is 13.4. The van der Waals surface area contributed by atoms with Gasteiger partial charge < -0.3 is 13.9 Å². The minimum absolute atomic E-state index is 0.196. The topological polar surface area (TPSA) is 65.7 Å². The summed E-state index contributed by atoms with van der Waals surface area (Å²) in [5.74, 6) is -1.32. The Bertz CT molecular complexity index is 1080. The second-order valence-corrected chi connectivity index (χ2v) is 6.72. The van der Waals surface area contributed by atoms with Crippen LogP contribution in [0.4, 0.5) is 4.39 Å². The minimum atomic E-state index is -0.554. The summed E-state index contributed by atoms with van der Waals surface area (Å²) in [7, 11) is 2.83. The largest absolute Gasteiger partial charge is 0.469 e. The molecule has 0 saturated heterocycles. The molecule has 0 saturated carbocycles. The van der Waals surface area contributed by atoms with Crippen molar-refractivity contribution in [3.05, 3.63) is 69.3 Å². The highest BCUT2D eigenvalue weighted by atomic mass is 35.5. The van der Waals surface area contributed by atoms with Crippen molar-refractivity contribution in [2.75, 3.05) is 20.8 Å². The predicted molar refractivity (Wildman–Crippen MR) is 104 cm³/mol. The average molecular weight is 405 g/mol. The van der Waals surface area contributed by atoms with Crippen LogP contribution >= 0.6 is 11.6 Å². The molecule has 1 heterocycles. The molecule has 0 N–H and O–H groups in total. The molecule has 1 unspecified atom stereocenters. The number of ether oxygens (including phenoxy) is 2. The van der Waals surface area contributed by atoms with E-state index in [1.165, 1.54) is 38.5 Å². The normalized spacial score (nSPS) is 12.1. The van der Waals surface area contributed by atoms with Crippen molar-refractivity contribution in [3.8, 4) is 11.1 Å². The van der Waals surface area contributed by atoms with E-state index in [0.717, 1.165) is 5.56 Å². The molecule has 0 amide bonds. The van der Waals surface area contributed by atoms with Crippen LogP contribution in [0.2, 0.25) is 5.02 Å². The van der Waals surface area contributed by atoms with Gasteiger partial charge in [-0.25, -0.2) is 9.18 Å². The maximum atomic E-state index is 13.4. The Morgan fingerprint density at radius 2 is 1.93 bits per heavy atom. The van der Waals surface area contributed by atoms with Gasteiger partial charge in [-0.05, 0) is 36.2 Å². The number of benzene rings is 2. The van der Waals surface area contributed by atoms with Crippen LogP contribution in [0.3, 0.4) is 0 Å². The number of hydrogen-bond acceptors (Lipinski definition) is 5. The van der Waals surface area contributed by atoms with E-state index in [1.54, 1.807) is 12.1 Å². The highest BCUT2D eigenvalue weighted by Crippen LogP contribution is 2.33. The Balaban J connectivity index is 2.06. The molecule has 7 heteroatoms. The standard InChI is InChI=1S/C21H18ClFO5/c1-26-11-13(21(25)27-2)7-12-3-5-16-17(10-20(24)28-19(16)8-12)15-6-4-14(23)9-18(15)22/h3-6,8-10,13H,7,11H2,1-2H3. The second kappa shape index (κ2) is 8.54. The lowest BCUT2D eigenvalue weighted by atomic mass is 9.96. The zero-order valence-electron chi connectivity index (χ0n) is 15.3. The van der Waals surface area contributed by atoms with Crippen LogP contribution in [0.1, 0.15) is 5.56 Å². The van der Waals surface area contributed by atoms with E-state index in [0.29, 0.717) is 28.5 Å². The molecule has 3 aromatic rings. The molecule has 0 aliphatic rings. The summed E-state index contributed by atoms with van der Waals surface area (Å²) in [5.41, 5.74) is 1.65. The van der Waals surface area contributed by atoms with Gasteiger partial charge in [0.2, 0.25) is 0 Å². The fourth-order valence-electron chi connectivity index (χ4n) is 3.13. The first-order valence-electron chi connectivity index (χ1n) is 8.52. The third-order valence-electron chi connectivity index (χ3n) is 4.41. The van der Waals surface area contributed by atoms with Gasteiger partial charge in [-0.15, -0.1) is 0 Å². The average Bonchev–Trinajstić information content (AvgIpc) is 2.66. The predicted octanol–water partition coefficient (Wildman–Crippen LogP) is 4.23. The fraction of sp³-hybridized carbons (Fsp3) is 0.238. The highest BCUT2D eigenvalue weighted by molar-refractivity contribution is 6.33. The molecule has 1 atom stereocenters. The molecule has 1 aromatic heterocycles. The number of carbonyl (C=O) groups is 1. The van der Waals surface area contributed by atoms with Crippen LogP contribution in [0.25, 0.3) is 22.1 Å². The van der Waals surface area contributed by atoms with Gasteiger partial charge in [-0.2, -0.15) is 0 Å². The Kier molecular flexibility index (Phi) is 6.11. The minimum Gasteiger partial charge on any atom is -0.469 e. The van der Waals surface area contributed by atoms with Crippen LogP contribution in [-0.4, -0.2) is 26.8 Å². The van der Waals surface area contributed by atoms with E-state index in [4.69, 9.17) is 25.5 Å². The summed E-state index contributed by atoms with van der Waals surface area (Å²) in [6.45, 7) is 0.208. The molecule has 0 fully saturated rings. The molecule has 28 heavy (non-hydrogen) atoms. The van der Waals surface area contributed by atoms with E-state index >= 15 is 0 Å². The third-order valence-corrected chi connectivity index (χ3v) is 4.73. The summed E-state index contributed by atoms with van der Waals surface area (Å²) in [4.78, 5) is 24.0. The van der Waals surface area contributed by atoms with Gasteiger partial charge in [0, 0.05) is 29.7 Å². The lowest BCUT2D eigenvalue weighted by Gasteiger charge is -2.14. The summed E-state index contributed by atoms with van der Waals surface area (Å²) in [6.07, 6.45) is 0.363. The molecule has 0 aliphatic heterocycles. The first kappa shape index (κ1) is 20.0. The first-order chi connectivity index (χ1) is 13.4. The first-order valence-corrected chi connectivity index (χ1v) is 8.89. The zero-order chi connectivity index (χ0) is 20.3. The zero-order valence-corrected chi connectivity index (χ0v) is 16.1. The van der Waals surface area contributed by atoms with Crippen molar-refractivity contribution in [1.82, 2.24) is 0 Å². The number of rotatable bonds is 6. The van der Waals surface area contributed by atoms with Gasteiger partial charge in [-0.3, -0.25) is 4.79 Å². The van der Waals surface area contributed by atoms with Crippen LogP contribution < -0.4 is 5.63 Å². The summed E-state index contributed by atoms with van der Waals surface area (Å²) >= 11 is 6.16. The van der Waals surface area contributed by atoms with Crippen molar-refractivity contribution < 1.29 is 23.1 Å². The summed E-state index contributed by atoms with van der Waals surface area (Å²) < 4.78 is 28.6. The molecular weight excluding hydrogens is 387 g/mol. The number of methoxy groups -OCH3 is 2. The van der Waals surface area contributed by atoms with Gasteiger partial charge in [0.15, 0.2) is 0 Å². The Morgan fingerprint density at radius 1 is 1.14 bits per heavy atom. The van der Waals surface area contributed by atoms with Crippen LogP contribution in [0, 0.1) is 11.7 Å². The number of hydrogen-bond donors (Lipinski definition) is 0. The van der Waals surface area contributed by atoms with Gasteiger partial charge in [-0.1, -0.05) is 23.7 Å². The smallest absolute Gasteiger partial charge is 0.336 e. The molecular formula is C21H18ClFO5. The molecule has 0 radical (unpaired) electrons. The lowest BCUT2D eigenvalue weighted by Crippen LogP contribution is -2.23. The van der Waals surface area contributed by atoms with Gasteiger partial charge in [0.25, 0.3) is 0 Å². The van der Waals surface area contributed by atoms with E-state index in [1.807, 2.05) is 6.07 Å². The van der Waals surface area contributed by atoms with Crippen molar-refractivity contribution in [3.63, 3.8) is 0 Å². The van der Waals surface area contributed by atoms with Crippen LogP contribution in [0.15, 0.2) is 51.7 Å². The van der Waals surface area contributed by atoms with Gasteiger partial charge >= 0.3 is 11.6 Å².